The van der Waals surface area contributed by atoms with Crippen LogP contribution in [0.3, 0.4) is 0 Å². The van der Waals surface area contributed by atoms with Crippen LogP contribution in [0.1, 0.15) is 27.7 Å². The Morgan fingerprint density at radius 2 is 2.08 bits per heavy atom. The third-order valence-electron chi connectivity index (χ3n) is 3.81. The molecule has 25 heavy (non-hydrogen) atoms. The molecule has 2 N–H and O–H groups in total. The summed E-state index contributed by atoms with van der Waals surface area (Å²) in [5.74, 6) is 0.876. The predicted molar refractivity (Wildman–Crippen MR) is 112 cm³/mol. The molecule has 0 aliphatic carbocycles. The van der Waals surface area contributed by atoms with Crippen LogP contribution in [-0.4, -0.2) is 75.9 Å². The van der Waals surface area contributed by atoms with E-state index in [-0.39, 0.29) is 42.0 Å². The molecule has 1 saturated heterocycles. The zero-order valence-electron chi connectivity index (χ0n) is 16.2. The highest BCUT2D eigenvalue weighted by atomic mass is 127. The van der Waals surface area contributed by atoms with Crippen LogP contribution >= 0.6 is 24.0 Å². The van der Waals surface area contributed by atoms with Gasteiger partial charge in [-0.1, -0.05) is 20.8 Å². The van der Waals surface area contributed by atoms with Crippen LogP contribution in [0.15, 0.2) is 4.99 Å². The van der Waals surface area contributed by atoms with E-state index in [0.29, 0.717) is 25.0 Å². The number of guanidine groups is 1. The number of methoxy groups -OCH3 is 1. The highest BCUT2D eigenvalue weighted by Gasteiger charge is 2.21. The molecule has 0 spiro atoms. The summed E-state index contributed by atoms with van der Waals surface area (Å²) in [6.07, 6.45) is 0.152. The molecule has 148 valence electrons. The molecule has 0 aromatic heterocycles. The van der Waals surface area contributed by atoms with Gasteiger partial charge in [0.05, 0.1) is 32.3 Å². The van der Waals surface area contributed by atoms with Crippen LogP contribution < -0.4 is 10.6 Å². The Morgan fingerprint density at radius 1 is 1.36 bits per heavy atom. The van der Waals surface area contributed by atoms with Gasteiger partial charge in [-0.2, -0.15) is 0 Å². The van der Waals surface area contributed by atoms with Gasteiger partial charge in [0.1, 0.15) is 0 Å². The first-order chi connectivity index (χ1) is 11.5. The third-order valence-corrected chi connectivity index (χ3v) is 3.81. The van der Waals surface area contributed by atoms with E-state index in [1.807, 2.05) is 13.8 Å². The second kappa shape index (κ2) is 13.6. The number of nitrogens with zero attached hydrogens (tertiary/aromatic N) is 2. The molecule has 7 nitrogen and oxygen atoms in total. The van der Waals surface area contributed by atoms with Crippen LogP contribution in [0.5, 0.6) is 0 Å². The first-order valence-electron chi connectivity index (χ1n) is 8.90. The number of ether oxygens (including phenoxy) is 2. The topological polar surface area (TPSA) is 75.2 Å². The van der Waals surface area contributed by atoms with Gasteiger partial charge in [-0.15, -0.1) is 24.0 Å². The summed E-state index contributed by atoms with van der Waals surface area (Å²) in [5.41, 5.74) is 0. The maximum absolute atomic E-state index is 11.5. The Kier molecular flexibility index (Phi) is 13.2. The Hall–Kier alpha value is -0.610. The second-order valence-corrected chi connectivity index (χ2v) is 6.67. The lowest BCUT2D eigenvalue weighted by Crippen LogP contribution is -2.50. The zero-order chi connectivity index (χ0) is 17.9. The van der Waals surface area contributed by atoms with Crippen LogP contribution in [0.4, 0.5) is 0 Å². The van der Waals surface area contributed by atoms with Crippen LogP contribution in [0, 0.1) is 11.8 Å². The molecule has 0 saturated carbocycles. The average Bonchev–Trinajstić information content (AvgIpc) is 2.56. The van der Waals surface area contributed by atoms with Crippen LogP contribution in [0.2, 0.25) is 0 Å². The van der Waals surface area contributed by atoms with Crippen molar-refractivity contribution in [1.29, 1.82) is 0 Å². The number of nitrogens with one attached hydrogen (secondary N) is 2. The summed E-state index contributed by atoms with van der Waals surface area (Å²) in [6, 6.07) is 0. The van der Waals surface area contributed by atoms with Crippen molar-refractivity contribution in [3.05, 3.63) is 0 Å². The molecular weight excluding hydrogens is 435 g/mol. The van der Waals surface area contributed by atoms with E-state index in [0.717, 1.165) is 32.8 Å². The predicted octanol–water partition coefficient (Wildman–Crippen LogP) is 1.33. The van der Waals surface area contributed by atoms with E-state index < -0.39 is 0 Å². The number of morpholine rings is 1. The summed E-state index contributed by atoms with van der Waals surface area (Å²) >= 11 is 0. The SMILES string of the molecule is CCNC(=NCC(C)C(=O)OC)NCC1CN(CC(C)C)CCO1.I. The number of carbonyl (C=O) groups is 1. The number of esters is 1. The first kappa shape index (κ1) is 24.4. The number of rotatable bonds is 8. The van der Waals surface area contributed by atoms with Crippen molar-refractivity contribution in [2.45, 2.75) is 33.8 Å². The Morgan fingerprint density at radius 3 is 2.68 bits per heavy atom. The molecule has 0 amide bonds. The second-order valence-electron chi connectivity index (χ2n) is 6.67. The van der Waals surface area contributed by atoms with Gasteiger partial charge in [-0.05, 0) is 12.8 Å². The minimum absolute atomic E-state index is 0. The molecular formula is C17H35IN4O3. The van der Waals surface area contributed by atoms with Crippen molar-refractivity contribution < 1.29 is 14.3 Å². The largest absolute Gasteiger partial charge is 0.469 e. The van der Waals surface area contributed by atoms with Gasteiger partial charge in [0.25, 0.3) is 0 Å². The monoisotopic (exact) mass is 470 g/mol. The van der Waals surface area contributed by atoms with E-state index in [1.165, 1.54) is 7.11 Å². The standard InChI is InChI=1S/C17H34N4O3.HI/c1-6-18-17(19-9-14(4)16(22)23-5)20-10-15-12-21(7-8-24-15)11-13(2)3;/h13-15H,6-12H2,1-5H3,(H2,18,19,20);1H. The average molecular weight is 470 g/mol. The summed E-state index contributed by atoms with van der Waals surface area (Å²) in [5, 5.41) is 6.51. The molecule has 1 fully saturated rings. The molecule has 0 radical (unpaired) electrons. The lowest BCUT2D eigenvalue weighted by atomic mass is 10.2. The van der Waals surface area contributed by atoms with Crippen molar-refractivity contribution in [2.24, 2.45) is 16.8 Å². The molecule has 1 aliphatic rings. The van der Waals surface area contributed by atoms with Gasteiger partial charge >= 0.3 is 5.97 Å². The molecule has 2 atom stereocenters. The molecule has 0 aromatic carbocycles. The van der Waals surface area contributed by atoms with E-state index in [4.69, 9.17) is 9.47 Å². The van der Waals surface area contributed by atoms with Crippen molar-refractivity contribution >= 4 is 35.9 Å². The third kappa shape index (κ3) is 10.2. The maximum Gasteiger partial charge on any atom is 0.310 e. The Balaban J connectivity index is 0.00000576. The van der Waals surface area contributed by atoms with E-state index in [1.54, 1.807) is 0 Å². The molecule has 1 aliphatic heterocycles. The Labute approximate surface area is 169 Å². The van der Waals surface area contributed by atoms with Crippen LogP contribution in [0.25, 0.3) is 0 Å². The lowest BCUT2D eigenvalue weighted by molar-refractivity contribution is -0.144. The van der Waals surface area contributed by atoms with Gasteiger partial charge in [-0.25, -0.2) is 0 Å². The van der Waals surface area contributed by atoms with Crippen molar-refractivity contribution in [3.63, 3.8) is 0 Å². The highest BCUT2D eigenvalue weighted by molar-refractivity contribution is 14.0. The fraction of sp³-hybridized carbons (Fsp3) is 0.882. The molecule has 8 heteroatoms. The summed E-state index contributed by atoms with van der Waals surface area (Å²) in [7, 11) is 1.40. The van der Waals surface area contributed by atoms with Gasteiger partial charge in [-0.3, -0.25) is 14.7 Å². The van der Waals surface area contributed by atoms with E-state index in [2.05, 4.69) is 34.4 Å². The van der Waals surface area contributed by atoms with E-state index in [9.17, 15) is 4.79 Å². The number of aliphatic imine (C=N–C) groups is 1. The molecule has 0 aromatic rings. The summed E-state index contributed by atoms with van der Waals surface area (Å²) in [6.45, 7) is 14.0. The summed E-state index contributed by atoms with van der Waals surface area (Å²) in [4.78, 5) is 18.4. The van der Waals surface area contributed by atoms with Crippen molar-refractivity contribution in [2.75, 3.05) is 53.0 Å². The number of hydrogen-bond donors (Lipinski definition) is 2. The summed E-state index contributed by atoms with van der Waals surface area (Å²) < 4.78 is 10.6. The minimum Gasteiger partial charge on any atom is -0.469 e. The molecule has 1 rings (SSSR count). The molecule has 2 unspecified atom stereocenters. The van der Waals surface area contributed by atoms with Gasteiger partial charge < -0.3 is 20.1 Å². The smallest absolute Gasteiger partial charge is 0.310 e. The molecule has 0 bridgehead atoms. The fourth-order valence-electron chi connectivity index (χ4n) is 2.64. The lowest BCUT2D eigenvalue weighted by Gasteiger charge is -2.34. The molecule has 1 heterocycles. The van der Waals surface area contributed by atoms with Gasteiger partial charge in [0, 0.05) is 32.7 Å². The Bertz CT molecular complexity index is 407. The first-order valence-corrected chi connectivity index (χ1v) is 8.90. The van der Waals surface area contributed by atoms with Crippen LogP contribution in [-0.2, 0) is 14.3 Å². The van der Waals surface area contributed by atoms with Gasteiger partial charge in [0.2, 0.25) is 0 Å². The fourth-order valence-corrected chi connectivity index (χ4v) is 2.64. The van der Waals surface area contributed by atoms with E-state index >= 15 is 0 Å². The zero-order valence-corrected chi connectivity index (χ0v) is 18.5. The maximum atomic E-state index is 11.5. The number of hydrogen-bond acceptors (Lipinski definition) is 5. The van der Waals surface area contributed by atoms with Crippen molar-refractivity contribution in [3.8, 4) is 0 Å². The van der Waals surface area contributed by atoms with Gasteiger partial charge in [0.15, 0.2) is 5.96 Å². The number of carbonyl (C=O) groups excluding carboxylic acids is 1. The van der Waals surface area contributed by atoms with Crippen molar-refractivity contribution in [1.82, 2.24) is 15.5 Å². The number of halogens is 1. The highest BCUT2D eigenvalue weighted by Crippen LogP contribution is 2.07. The normalized spacial score (nSPS) is 19.9. The quantitative estimate of drug-likeness (QED) is 0.241. The minimum atomic E-state index is -0.252.